The van der Waals surface area contributed by atoms with E-state index in [1.54, 1.807) is 0 Å². The van der Waals surface area contributed by atoms with Gasteiger partial charge in [0.25, 0.3) is 0 Å². The van der Waals surface area contributed by atoms with E-state index >= 15 is 0 Å². The Balaban J connectivity index is 1.42. The smallest absolute Gasteiger partial charge is 0.336 e. The van der Waals surface area contributed by atoms with Crippen LogP contribution in [0.1, 0.15) is 46.8 Å². The second-order valence-electron chi connectivity index (χ2n) is 9.98. The number of esters is 1. The van der Waals surface area contributed by atoms with E-state index in [0.717, 1.165) is 31.3 Å². The number of ether oxygens (including phenoxy) is 3. The standard InChI is InChI=1S/C34H28INO5/c1-4-40-27-17-23(16-26(35)33(27)41-18-20-13-14-21-9-5-6-10-22(21)15-20)29-28(34(38)39-3)19(2)36-31-24-11-7-8-12-25(24)32(37)30(29)31/h5-17,29,36H,4,18H2,1-3H3/t29-/m1/s1. The van der Waals surface area contributed by atoms with Gasteiger partial charge in [0.2, 0.25) is 0 Å². The lowest BCUT2D eigenvalue weighted by molar-refractivity contribution is -0.136. The Kier molecular flexibility index (Phi) is 7.30. The van der Waals surface area contributed by atoms with E-state index in [-0.39, 0.29) is 5.78 Å². The molecule has 206 valence electrons. The summed E-state index contributed by atoms with van der Waals surface area (Å²) in [6.07, 6.45) is 0. The number of fused-ring (bicyclic) bond motifs is 3. The number of nitrogens with one attached hydrogen (secondary N) is 1. The van der Waals surface area contributed by atoms with Gasteiger partial charge in [-0.1, -0.05) is 60.7 Å². The second kappa shape index (κ2) is 11.0. The van der Waals surface area contributed by atoms with E-state index in [9.17, 15) is 9.59 Å². The number of rotatable bonds is 7. The molecular formula is C34H28INO5. The molecule has 0 amide bonds. The largest absolute Gasteiger partial charge is 0.490 e. The van der Waals surface area contributed by atoms with Crippen LogP contribution in [0.2, 0.25) is 0 Å². The van der Waals surface area contributed by atoms with Crippen LogP contribution in [0.5, 0.6) is 11.5 Å². The lowest BCUT2D eigenvalue weighted by Gasteiger charge is -2.29. The predicted octanol–water partition coefficient (Wildman–Crippen LogP) is 7.16. The average molecular weight is 658 g/mol. The van der Waals surface area contributed by atoms with Crippen LogP contribution < -0.4 is 14.8 Å². The first kappa shape index (κ1) is 27.1. The molecule has 6 nitrogen and oxygen atoms in total. The fourth-order valence-electron chi connectivity index (χ4n) is 5.68. The summed E-state index contributed by atoms with van der Waals surface area (Å²) in [5, 5.41) is 5.65. The summed E-state index contributed by atoms with van der Waals surface area (Å²) in [5.74, 6) is -0.0538. The summed E-state index contributed by atoms with van der Waals surface area (Å²) >= 11 is 2.23. The Morgan fingerprint density at radius 2 is 1.66 bits per heavy atom. The second-order valence-corrected chi connectivity index (χ2v) is 11.1. The molecule has 0 fully saturated rings. The minimum absolute atomic E-state index is 0.105. The SMILES string of the molecule is CCOc1cc([C@@H]2C(C(=O)OC)=C(C)NC3=C2C(=O)c2ccccc23)cc(I)c1OCc1ccc2ccccc2c1. The highest BCUT2D eigenvalue weighted by atomic mass is 127. The molecule has 1 aliphatic heterocycles. The molecule has 0 aromatic heterocycles. The van der Waals surface area contributed by atoms with Crippen LogP contribution in [0.4, 0.5) is 0 Å². The molecule has 2 aliphatic rings. The van der Waals surface area contributed by atoms with Gasteiger partial charge in [0.05, 0.1) is 28.6 Å². The van der Waals surface area contributed by atoms with Crippen LogP contribution in [-0.2, 0) is 16.1 Å². The number of hydrogen-bond acceptors (Lipinski definition) is 6. The zero-order chi connectivity index (χ0) is 28.7. The summed E-state index contributed by atoms with van der Waals surface area (Å²) in [6.45, 7) is 4.54. The monoisotopic (exact) mass is 657 g/mol. The summed E-state index contributed by atoms with van der Waals surface area (Å²) in [5.41, 5.74) is 5.54. The van der Waals surface area contributed by atoms with Gasteiger partial charge in [0.15, 0.2) is 17.3 Å². The highest BCUT2D eigenvalue weighted by molar-refractivity contribution is 14.1. The highest BCUT2D eigenvalue weighted by Gasteiger charge is 2.43. The van der Waals surface area contributed by atoms with E-state index in [1.165, 1.54) is 12.5 Å². The maximum absolute atomic E-state index is 13.8. The molecule has 1 aliphatic carbocycles. The summed E-state index contributed by atoms with van der Waals surface area (Å²) in [7, 11) is 1.36. The van der Waals surface area contributed by atoms with Crippen LogP contribution in [-0.4, -0.2) is 25.5 Å². The summed E-state index contributed by atoms with van der Waals surface area (Å²) in [4.78, 5) is 26.9. The predicted molar refractivity (Wildman–Crippen MR) is 167 cm³/mol. The fourth-order valence-corrected chi connectivity index (χ4v) is 6.47. The molecule has 4 aromatic rings. The number of benzene rings is 4. The van der Waals surface area contributed by atoms with Crippen molar-refractivity contribution in [2.45, 2.75) is 26.4 Å². The number of allylic oxidation sites excluding steroid dienone is 2. The molecule has 0 bridgehead atoms. The Bertz CT molecular complexity index is 1790. The molecule has 1 N–H and O–H groups in total. The van der Waals surface area contributed by atoms with Crippen LogP contribution in [0, 0.1) is 3.57 Å². The van der Waals surface area contributed by atoms with Crippen LogP contribution >= 0.6 is 22.6 Å². The molecule has 41 heavy (non-hydrogen) atoms. The van der Waals surface area contributed by atoms with Crippen LogP contribution in [0.15, 0.2) is 95.7 Å². The third-order valence-electron chi connectivity index (χ3n) is 7.52. The Labute approximate surface area is 252 Å². The first-order valence-electron chi connectivity index (χ1n) is 13.4. The summed E-state index contributed by atoms with van der Waals surface area (Å²) in [6, 6.07) is 25.9. The first-order chi connectivity index (χ1) is 19.9. The fraction of sp³-hybridized carbons (Fsp3) is 0.176. The number of carbonyl (C=O) groups is 2. The topological polar surface area (TPSA) is 73.9 Å². The van der Waals surface area contributed by atoms with Gasteiger partial charge in [-0.25, -0.2) is 4.79 Å². The highest BCUT2D eigenvalue weighted by Crippen LogP contribution is 2.48. The molecule has 0 saturated heterocycles. The maximum atomic E-state index is 13.8. The van der Waals surface area contributed by atoms with Crippen LogP contribution in [0.3, 0.4) is 0 Å². The lowest BCUT2D eigenvalue weighted by Crippen LogP contribution is -2.29. The van der Waals surface area contributed by atoms with E-state index in [2.05, 4.69) is 58.2 Å². The van der Waals surface area contributed by atoms with Gasteiger partial charge < -0.3 is 19.5 Å². The third-order valence-corrected chi connectivity index (χ3v) is 8.32. The van der Waals surface area contributed by atoms with Crippen molar-refractivity contribution in [2.75, 3.05) is 13.7 Å². The molecule has 0 saturated carbocycles. The number of methoxy groups -OCH3 is 1. The zero-order valence-electron chi connectivity index (χ0n) is 22.9. The number of dihydropyridines is 1. The van der Waals surface area contributed by atoms with Gasteiger partial charge in [-0.05, 0) is 76.5 Å². The van der Waals surface area contributed by atoms with Crippen molar-refractivity contribution < 1.29 is 23.8 Å². The van der Waals surface area contributed by atoms with E-state index in [1.807, 2.05) is 62.4 Å². The molecule has 0 unspecified atom stereocenters. The van der Waals surface area contributed by atoms with Crippen molar-refractivity contribution in [1.82, 2.24) is 5.32 Å². The summed E-state index contributed by atoms with van der Waals surface area (Å²) < 4.78 is 18.4. The van der Waals surface area contributed by atoms with Gasteiger partial charge in [-0.15, -0.1) is 0 Å². The molecule has 6 rings (SSSR count). The van der Waals surface area contributed by atoms with Gasteiger partial charge in [0, 0.05) is 28.3 Å². The molecule has 0 spiro atoms. The van der Waals surface area contributed by atoms with Gasteiger partial charge in [-0.3, -0.25) is 4.79 Å². The molecular weight excluding hydrogens is 629 g/mol. The van der Waals surface area contributed by atoms with Crippen molar-refractivity contribution in [3.63, 3.8) is 0 Å². The van der Waals surface area contributed by atoms with E-state index in [0.29, 0.717) is 47.1 Å². The number of halogens is 1. The maximum Gasteiger partial charge on any atom is 0.336 e. The Hall–Kier alpha value is -4.11. The molecule has 1 heterocycles. The third kappa shape index (κ3) is 4.78. The van der Waals surface area contributed by atoms with Crippen molar-refractivity contribution in [3.05, 3.63) is 122 Å². The van der Waals surface area contributed by atoms with Crippen molar-refractivity contribution in [3.8, 4) is 11.5 Å². The molecule has 1 atom stereocenters. The van der Waals surface area contributed by atoms with Crippen molar-refractivity contribution in [2.24, 2.45) is 0 Å². The normalized spacial score (nSPS) is 15.9. The number of carbonyl (C=O) groups excluding carboxylic acids is 2. The molecule has 7 heteroatoms. The lowest BCUT2D eigenvalue weighted by atomic mass is 9.79. The quantitative estimate of drug-likeness (QED) is 0.168. The van der Waals surface area contributed by atoms with E-state index < -0.39 is 11.9 Å². The average Bonchev–Trinajstić information content (AvgIpc) is 3.26. The van der Waals surface area contributed by atoms with Crippen molar-refractivity contribution in [1.29, 1.82) is 0 Å². The van der Waals surface area contributed by atoms with Gasteiger partial charge >= 0.3 is 5.97 Å². The van der Waals surface area contributed by atoms with Gasteiger partial charge in [0.1, 0.15) is 6.61 Å². The van der Waals surface area contributed by atoms with Crippen molar-refractivity contribution >= 4 is 50.8 Å². The molecule has 4 aromatic carbocycles. The Morgan fingerprint density at radius 3 is 2.41 bits per heavy atom. The zero-order valence-corrected chi connectivity index (χ0v) is 25.1. The minimum Gasteiger partial charge on any atom is -0.490 e. The van der Waals surface area contributed by atoms with E-state index in [4.69, 9.17) is 14.2 Å². The number of Topliss-reactive ketones (excluding diaryl/α,β-unsaturated/α-hetero) is 1. The first-order valence-corrected chi connectivity index (χ1v) is 14.5. The number of ketones is 1. The van der Waals surface area contributed by atoms with Gasteiger partial charge in [-0.2, -0.15) is 0 Å². The minimum atomic E-state index is -0.638. The van der Waals surface area contributed by atoms with Crippen LogP contribution in [0.25, 0.3) is 16.5 Å². The number of hydrogen-bond donors (Lipinski definition) is 1. The molecule has 0 radical (unpaired) electrons. The Morgan fingerprint density at radius 1 is 0.927 bits per heavy atom.